The number of benzene rings is 2. The van der Waals surface area contributed by atoms with Crippen LogP contribution >= 0.6 is 0 Å². The van der Waals surface area contributed by atoms with E-state index in [1.54, 1.807) is 33.8 Å². The summed E-state index contributed by atoms with van der Waals surface area (Å²) >= 11 is 0. The van der Waals surface area contributed by atoms with Gasteiger partial charge in [-0.15, -0.1) is 0 Å². The maximum Gasteiger partial charge on any atom is 0.312 e. The molecular weight excluding hydrogens is 666 g/mol. The number of esters is 1. The van der Waals surface area contributed by atoms with Crippen molar-refractivity contribution < 1.29 is 64.0 Å². The topological polar surface area (TPSA) is 222 Å². The maximum atomic E-state index is 14.0. The molecule has 2 aromatic carbocycles. The smallest absolute Gasteiger partial charge is 0.312 e. The van der Waals surface area contributed by atoms with Crippen molar-refractivity contribution in [1.29, 1.82) is 0 Å². The summed E-state index contributed by atoms with van der Waals surface area (Å²) in [6.07, 6.45) is 3.25. The summed E-state index contributed by atoms with van der Waals surface area (Å²) in [5, 5.41) is 68.6. The maximum absolute atomic E-state index is 14.0. The van der Waals surface area contributed by atoms with Crippen molar-refractivity contribution in [1.82, 2.24) is 0 Å². The van der Waals surface area contributed by atoms with E-state index in [0.717, 1.165) is 6.26 Å². The molecule has 0 saturated heterocycles. The second kappa shape index (κ2) is 14.8. The van der Waals surface area contributed by atoms with E-state index < -0.39 is 111 Å². The van der Waals surface area contributed by atoms with Gasteiger partial charge >= 0.3 is 11.8 Å². The first kappa shape index (κ1) is 39.0. The molecule has 2 aromatic rings. The van der Waals surface area contributed by atoms with E-state index >= 15 is 0 Å². The molecule has 0 aromatic heterocycles. The van der Waals surface area contributed by atoms with Crippen LogP contribution in [-0.2, 0) is 23.8 Å². The molecular formula is C37H47NO13. The van der Waals surface area contributed by atoms with Gasteiger partial charge in [-0.05, 0) is 19.9 Å². The van der Waals surface area contributed by atoms with Crippen LogP contribution in [-0.4, -0.2) is 85.6 Å². The van der Waals surface area contributed by atoms with Crippen molar-refractivity contribution in [3.8, 4) is 28.7 Å². The van der Waals surface area contributed by atoms with Gasteiger partial charge in [-0.1, -0.05) is 45.9 Å². The number of phenols is 4. The molecule has 9 unspecified atom stereocenters. The summed E-state index contributed by atoms with van der Waals surface area (Å²) in [5.41, 5.74) is -0.830. The van der Waals surface area contributed by atoms with E-state index in [0.29, 0.717) is 0 Å². The van der Waals surface area contributed by atoms with Crippen molar-refractivity contribution in [2.75, 3.05) is 12.4 Å². The summed E-state index contributed by atoms with van der Waals surface area (Å²) in [7, 11) is 1.41. The minimum atomic E-state index is -2.07. The monoisotopic (exact) mass is 713 g/mol. The van der Waals surface area contributed by atoms with Gasteiger partial charge in [-0.2, -0.15) is 0 Å². The number of ether oxygens (including phenoxy) is 4. The van der Waals surface area contributed by atoms with Crippen LogP contribution in [0.4, 0.5) is 5.69 Å². The van der Waals surface area contributed by atoms with Gasteiger partial charge in [-0.3, -0.25) is 14.4 Å². The number of carbonyl (C=O) groups is 3. The number of rotatable bonds is 2. The fourth-order valence-electron chi connectivity index (χ4n) is 6.71. The number of aliphatic hydroxyl groups excluding tert-OH is 2. The molecule has 9 atom stereocenters. The van der Waals surface area contributed by atoms with Crippen LogP contribution in [0.2, 0.25) is 0 Å². The highest BCUT2D eigenvalue weighted by Gasteiger charge is 2.50. The number of carbonyl (C=O) groups excluding carboxylic acids is 3. The van der Waals surface area contributed by atoms with Crippen LogP contribution in [0.15, 0.2) is 36.1 Å². The number of phenolic OH excluding ortho intramolecular Hbond substituents is 4. The first-order valence-electron chi connectivity index (χ1n) is 16.6. The lowest BCUT2D eigenvalue weighted by Crippen LogP contribution is -2.46. The minimum Gasteiger partial charge on any atom is -0.507 e. The Balaban J connectivity index is 1.90. The standard InChI is InChI=1S/C37H47NO13/c1-15-11-10-12-16(2)36(47)38-26-30(43)24-23(31(44)32(26)45)25-34(20(6)29(24)42)51-37(8,35(25)46)49-14-13-22(48-9)17(3)33(50-21(7)39)19(5)28(41)18(4)27(15)40/h10-15,17-19,22,27-28,33,40-45H,1-9H3,(H,38,47)/b11-10+,14-13+,16-12-. The molecule has 3 heterocycles. The number of ketones is 1. The molecule has 278 valence electrons. The van der Waals surface area contributed by atoms with E-state index in [9.17, 15) is 45.0 Å². The number of Topliss-reactive ketones (excluding diaryl/α,β-unsaturated/α-hetero) is 1. The normalized spacial score (nSPS) is 32.8. The Bertz CT molecular complexity index is 1810. The third-order valence-electron chi connectivity index (χ3n) is 9.97. The highest BCUT2D eigenvalue weighted by molar-refractivity contribution is 6.22. The molecule has 3 aliphatic rings. The van der Waals surface area contributed by atoms with Gasteiger partial charge in [0.15, 0.2) is 17.2 Å². The molecule has 14 heteroatoms. The molecule has 0 spiro atoms. The highest BCUT2D eigenvalue weighted by Crippen LogP contribution is 2.57. The average Bonchev–Trinajstić information content (AvgIpc) is 3.35. The molecule has 7 N–H and O–H groups in total. The number of anilines is 1. The van der Waals surface area contributed by atoms with Gasteiger partial charge in [0, 0.05) is 61.2 Å². The first-order valence-corrected chi connectivity index (χ1v) is 16.6. The van der Waals surface area contributed by atoms with Crippen molar-refractivity contribution in [2.24, 2.45) is 23.7 Å². The summed E-state index contributed by atoms with van der Waals surface area (Å²) in [6, 6.07) is 0. The lowest BCUT2D eigenvalue weighted by Gasteiger charge is -2.38. The van der Waals surface area contributed by atoms with Gasteiger partial charge in [0.25, 0.3) is 11.7 Å². The Kier molecular flexibility index (Phi) is 11.3. The van der Waals surface area contributed by atoms with E-state index in [2.05, 4.69) is 5.32 Å². The zero-order valence-electron chi connectivity index (χ0n) is 30.0. The Labute approximate surface area is 295 Å². The van der Waals surface area contributed by atoms with Gasteiger partial charge in [0.1, 0.15) is 23.3 Å². The molecule has 51 heavy (non-hydrogen) atoms. The number of nitrogens with one attached hydrogen (secondary N) is 1. The Hall–Kier alpha value is -4.79. The van der Waals surface area contributed by atoms with E-state index in [-0.39, 0.29) is 22.4 Å². The third kappa shape index (κ3) is 7.08. The Morgan fingerprint density at radius 1 is 0.882 bits per heavy atom. The number of aliphatic hydroxyl groups is 2. The summed E-state index contributed by atoms with van der Waals surface area (Å²) < 4.78 is 23.1. The second-order valence-electron chi connectivity index (χ2n) is 13.6. The lowest BCUT2D eigenvalue weighted by molar-refractivity contribution is -0.160. The van der Waals surface area contributed by atoms with E-state index in [1.165, 1.54) is 53.0 Å². The number of allylic oxidation sites excluding steroid dienone is 2. The van der Waals surface area contributed by atoms with Crippen LogP contribution in [0.3, 0.4) is 0 Å². The predicted octanol–water partition coefficient (Wildman–Crippen LogP) is 4.46. The van der Waals surface area contributed by atoms with Crippen LogP contribution < -0.4 is 10.1 Å². The van der Waals surface area contributed by atoms with Crippen molar-refractivity contribution >= 4 is 34.1 Å². The zero-order valence-corrected chi connectivity index (χ0v) is 30.0. The van der Waals surface area contributed by atoms with Gasteiger partial charge in [0.2, 0.25) is 0 Å². The number of methoxy groups -OCH3 is 1. The van der Waals surface area contributed by atoms with Gasteiger partial charge < -0.3 is 54.9 Å². The fraction of sp³-hybridized carbons (Fsp3) is 0.486. The molecule has 5 bridgehead atoms. The summed E-state index contributed by atoms with van der Waals surface area (Å²) in [4.78, 5) is 39.3. The predicted molar refractivity (Wildman–Crippen MR) is 185 cm³/mol. The lowest BCUT2D eigenvalue weighted by atomic mass is 9.78. The SMILES string of the molecule is COC1/C=C/OC2(C)Oc3c(C)c(O)c4c(O)c(c(O)c(O)c4c3C2=O)NC(=O)/C(C)=C\C=C\C(C)C(O)C(C)C(O)C(C)C(OC(C)=O)C1C. The number of amides is 1. The third-order valence-corrected chi connectivity index (χ3v) is 9.97. The van der Waals surface area contributed by atoms with Gasteiger partial charge in [-0.25, -0.2) is 0 Å². The fourth-order valence-corrected chi connectivity index (χ4v) is 6.71. The quantitative estimate of drug-likeness (QED) is 0.130. The largest absolute Gasteiger partial charge is 0.507 e. The van der Waals surface area contributed by atoms with Crippen LogP contribution in [0, 0.1) is 30.6 Å². The summed E-state index contributed by atoms with van der Waals surface area (Å²) in [5.74, 6) is -10.3. The molecule has 1 amide bonds. The Morgan fingerprint density at radius 3 is 2.14 bits per heavy atom. The molecule has 3 aliphatic heterocycles. The van der Waals surface area contributed by atoms with Crippen LogP contribution in [0.5, 0.6) is 28.7 Å². The van der Waals surface area contributed by atoms with E-state index in [4.69, 9.17) is 18.9 Å². The van der Waals surface area contributed by atoms with Crippen molar-refractivity contribution in [2.45, 2.75) is 85.6 Å². The van der Waals surface area contributed by atoms with Crippen LogP contribution in [0.1, 0.15) is 64.4 Å². The Morgan fingerprint density at radius 2 is 1.53 bits per heavy atom. The molecule has 5 rings (SSSR count). The molecule has 0 fully saturated rings. The minimum absolute atomic E-state index is 0.00255. The highest BCUT2D eigenvalue weighted by atomic mass is 16.7. The molecule has 14 nitrogen and oxygen atoms in total. The first-order chi connectivity index (χ1) is 23.8. The molecule has 0 saturated carbocycles. The molecule has 0 aliphatic carbocycles. The van der Waals surface area contributed by atoms with Gasteiger partial charge in [0.05, 0.1) is 35.5 Å². The number of hydrogen-bond donors (Lipinski definition) is 7. The summed E-state index contributed by atoms with van der Waals surface area (Å²) in [6.45, 7) is 12.2. The molecule has 0 radical (unpaired) electrons. The average molecular weight is 714 g/mol. The second-order valence-corrected chi connectivity index (χ2v) is 13.6. The van der Waals surface area contributed by atoms with Crippen molar-refractivity contribution in [3.05, 3.63) is 47.3 Å². The van der Waals surface area contributed by atoms with E-state index in [1.807, 2.05) is 0 Å². The van der Waals surface area contributed by atoms with Crippen LogP contribution in [0.25, 0.3) is 10.8 Å². The number of fused-ring (bicyclic) bond motifs is 14. The zero-order chi connectivity index (χ0) is 38.3. The number of hydrogen-bond acceptors (Lipinski definition) is 13. The number of aromatic hydroxyl groups is 4. The van der Waals surface area contributed by atoms with Crippen molar-refractivity contribution in [3.63, 3.8) is 0 Å².